The first-order chi connectivity index (χ1) is 15.0. The zero-order chi connectivity index (χ0) is 21.8. The lowest BCUT2D eigenvalue weighted by molar-refractivity contribution is 0.617. The molecule has 0 saturated carbocycles. The van der Waals surface area contributed by atoms with Gasteiger partial charge in [0.1, 0.15) is 11.6 Å². The maximum atomic E-state index is 15.1. The Bertz CT molecular complexity index is 1240. The number of aromatic nitrogens is 2. The number of halogens is 3. The standard InChI is InChI=1S/C26H21ClF2N2/c1-2-3-4-18-15-30-26(31-16-18)21-10-11-22-20(14-21)9-8-19(25(22)29)7-5-17-6-12-23(27)24(28)13-17/h2,6,8-16H,1,3-5,7H2. The van der Waals surface area contributed by atoms with Crippen LogP contribution < -0.4 is 0 Å². The van der Waals surface area contributed by atoms with Crippen LogP contribution in [-0.2, 0) is 19.3 Å². The molecule has 0 spiro atoms. The van der Waals surface area contributed by atoms with Gasteiger partial charge in [-0.25, -0.2) is 18.7 Å². The highest BCUT2D eigenvalue weighted by molar-refractivity contribution is 6.30. The van der Waals surface area contributed by atoms with Gasteiger partial charge in [0.25, 0.3) is 0 Å². The van der Waals surface area contributed by atoms with Gasteiger partial charge in [0.2, 0.25) is 0 Å². The van der Waals surface area contributed by atoms with Crippen molar-refractivity contribution in [2.24, 2.45) is 0 Å². The quantitative estimate of drug-likeness (QED) is 0.289. The van der Waals surface area contributed by atoms with Crippen LogP contribution in [0.1, 0.15) is 23.1 Å². The molecule has 0 saturated heterocycles. The highest BCUT2D eigenvalue weighted by atomic mass is 35.5. The molecule has 0 bridgehead atoms. The lowest BCUT2D eigenvalue weighted by Gasteiger charge is -2.09. The first-order valence-corrected chi connectivity index (χ1v) is 10.5. The van der Waals surface area contributed by atoms with Crippen LogP contribution in [0.25, 0.3) is 22.2 Å². The molecule has 4 aromatic rings. The smallest absolute Gasteiger partial charge is 0.159 e. The molecule has 0 N–H and O–H groups in total. The van der Waals surface area contributed by atoms with Gasteiger partial charge in [-0.2, -0.15) is 0 Å². The number of fused-ring (bicyclic) bond motifs is 1. The minimum Gasteiger partial charge on any atom is -0.236 e. The molecule has 0 aliphatic heterocycles. The van der Waals surface area contributed by atoms with Crippen molar-refractivity contribution in [1.29, 1.82) is 0 Å². The highest BCUT2D eigenvalue weighted by Gasteiger charge is 2.11. The summed E-state index contributed by atoms with van der Waals surface area (Å²) >= 11 is 5.73. The molecule has 31 heavy (non-hydrogen) atoms. The minimum absolute atomic E-state index is 0.0897. The Labute approximate surface area is 185 Å². The number of hydrogen-bond acceptors (Lipinski definition) is 2. The molecule has 0 unspecified atom stereocenters. The van der Waals surface area contributed by atoms with Gasteiger partial charge in [-0.15, -0.1) is 6.58 Å². The molecule has 0 amide bonds. The molecule has 0 aliphatic carbocycles. The van der Waals surface area contributed by atoms with E-state index in [0.29, 0.717) is 29.6 Å². The molecule has 0 atom stereocenters. The lowest BCUT2D eigenvalue weighted by atomic mass is 9.99. The Morgan fingerprint density at radius 2 is 1.68 bits per heavy atom. The summed E-state index contributed by atoms with van der Waals surface area (Å²) in [6, 6.07) is 13.9. The maximum Gasteiger partial charge on any atom is 0.159 e. The largest absolute Gasteiger partial charge is 0.236 e. The fraction of sp³-hybridized carbons (Fsp3) is 0.154. The molecule has 4 rings (SSSR count). The molecule has 1 aromatic heterocycles. The second kappa shape index (κ2) is 9.36. The van der Waals surface area contributed by atoms with E-state index in [0.717, 1.165) is 34.9 Å². The first-order valence-electron chi connectivity index (χ1n) is 10.1. The number of benzene rings is 3. The monoisotopic (exact) mass is 434 g/mol. The van der Waals surface area contributed by atoms with E-state index in [2.05, 4.69) is 16.5 Å². The van der Waals surface area contributed by atoms with E-state index in [9.17, 15) is 4.39 Å². The third kappa shape index (κ3) is 4.80. The van der Waals surface area contributed by atoms with Crippen molar-refractivity contribution >= 4 is 22.4 Å². The van der Waals surface area contributed by atoms with E-state index >= 15 is 4.39 Å². The predicted molar refractivity (Wildman–Crippen MR) is 122 cm³/mol. The fourth-order valence-corrected chi connectivity index (χ4v) is 3.66. The van der Waals surface area contributed by atoms with Crippen LogP contribution in [0.4, 0.5) is 8.78 Å². The summed E-state index contributed by atoms with van der Waals surface area (Å²) in [5.41, 5.74) is 3.27. The number of allylic oxidation sites excluding steroid dienone is 1. The van der Waals surface area contributed by atoms with Crippen molar-refractivity contribution in [1.82, 2.24) is 9.97 Å². The van der Waals surface area contributed by atoms with Crippen LogP contribution in [0.2, 0.25) is 5.02 Å². The number of rotatable bonds is 7. The maximum absolute atomic E-state index is 15.1. The molecular formula is C26H21ClF2N2. The molecule has 156 valence electrons. The first kappa shape index (κ1) is 21.1. The van der Waals surface area contributed by atoms with Crippen LogP contribution in [-0.4, -0.2) is 9.97 Å². The molecule has 0 radical (unpaired) electrons. The van der Waals surface area contributed by atoms with Gasteiger partial charge in [0.05, 0.1) is 5.02 Å². The second-order valence-electron chi connectivity index (χ2n) is 7.47. The molecule has 5 heteroatoms. The highest BCUT2D eigenvalue weighted by Crippen LogP contribution is 2.27. The van der Waals surface area contributed by atoms with E-state index in [-0.39, 0.29) is 10.8 Å². The van der Waals surface area contributed by atoms with Gasteiger partial charge in [0.15, 0.2) is 5.82 Å². The summed E-state index contributed by atoms with van der Waals surface area (Å²) in [7, 11) is 0. The fourth-order valence-electron chi connectivity index (χ4n) is 3.55. The van der Waals surface area contributed by atoms with Crippen molar-refractivity contribution in [3.63, 3.8) is 0 Å². The molecular weight excluding hydrogens is 414 g/mol. The molecule has 0 aliphatic rings. The summed E-state index contributed by atoms with van der Waals surface area (Å²) in [6.45, 7) is 3.73. The molecule has 1 heterocycles. The van der Waals surface area contributed by atoms with Crippen molar-refractivity contribution < 1.29 is 8.78 Å². The van der Waals surface area contributed by atoms with Crippen molar-refractivity contribution in [3.05, 3.63) is 107 Å². The SMILES string of the molecule is C=CCCc1cnc(-c2ccc3c(F)c(CCc4ccc(Cl)c(F)c4)ccc3c2)nc1. The van der Waals surface area contributed by atoms with Crippen LogP contribution in [0.5, 0.6) is 0 Å². The van der Waals surface area contributed by atoms with Crippen molar-refractivity contribution in [2.45, 2.75) is 25.7 Å². The lowest BCUT2D eigenvalue weighted by Crippen LogP contribution is -1.97. The van der Waals surface area contributed by atoms with E-state index in [1.807, 2.05) is 36.7 Å². The van der Waals surface area contributed by atoms with Crippen LogP contribution in [0.15, 0.2) is 73.6 Å². The number of nitrogens with zero attached hydrogens (tertiary/aromatic N) is 2. The molecule has 0 fully saturated rings. The van der Waals surface area contributed by atoms with Gasteiger partial charge in [0, 0.05) is 23.3 Å². The predicted octanol–water partition coefficient (Wildman–Crippen LogP) is 7.13. The zero-order valence-corrected chi connectivity index (χ0v) is 17.7. The van der Waals surface area contributed by atoms with E-state index < -0.39 is 5.82 Å². The zero-order valence-electron chi connectivity index (χ0n) is 16.9. The van der Waals surface area contributed by atoms with Gasteiger partial charge in [-0.1, -0.05) is 48.0 Å². The van der Waals surface area contributed by atoms with Crippen LogP contribution in [0.3, 0.4) is 0 Å². The average Bonchev–Trinajstić information content (AvgIpc) is 2.79. The van der Waals surface area contributed by atoms with E-state index in [4.69, 9.17) is 11.6 Å². The Kier molecular flexibility index (Phi) is 6.38. The number of aryl methyl sites for hydroxylation is 3. The third-order valence-electron chi connectivity index (χ3n) is 5.30. The van der Waals surface area contributed by atoms with Crippen LogP contribution >= 0.6 is 11.6 Å². The number of hydrogen-bond donors (Lipinski definition) is 0. The van der Waals surface area contributed by atoms with E-state index in [1.165, 1.54) is 12.1 Å². The van der Waals surface area contributed by atoms with Crippen molar-refractivity contribution in [3.8, 4) is 11.4 Å². The average molecular weight is 435 g/mol. The third-order valence-corrected chi connectivity index (χ3v) is 5.61. The molecule has 2 nitrogen and oxygen atoms in total. The van der Waals surface area contributed by atoms with Crippen LogP contribution in [0, 0.1) is 11.6 Å². The summed E-state index contributed by atoms with van der Waals surface area (Å²) in [4.78, 5) is 8.89. The topological polar surface area (TPSA) is 25.8 Å². The Morgan fingerprint density at radius 3 is 2.42 bits per heavy atom. The molecule has 3 aromatic carbocycles. The summed E-state index contributed by atoms with van der Waals surface area (Å²) in [5, 5.41) is 1.42. The summed E-state index contributed by atoms with van der Waals surface area (Å²) in [6.07, 6.45) is 8.25. The van der Waals surface area contributed by atoms with Gasteiger partial charge in [-0.3, -0.25) is 0 Å². The second-order valence-corrected chi connectivity index (χ2v) is 7.87. The Balaban J connectivity index is 1.54. The summed E-state index contributed by atoms with van der Waals surface area (Å²) < 4.78 is 28.7. The van der Waals surface area contributed by atoms with Crippen molar-refractivity contribution in [2.75, 3.05) is 0 Å². The Morgan fingerprint density at radius 1 is 0.871 bits per heavy atom. The summed E-state index contributed by atoms with van der Waals surface area (Å²) in [5.74, 6) is -0.0979. The van der Waals surface area contributed by atoms with Gasteiger partial charge >= 0.3 is 0 Å². The van der Waals surface area contributed by atoms with Gasteiger partial charge in [-0.05, 0) is 66.0 Å². The van der Waals surface area contributed by atoms with E-state index in [1.54, 1.807) is 18.2 Å². The minimum atomic E-state index is -0.457. The van der Waals surface area contributed by atoms with Gasteiger partial charge < -0.3 is 0 Å². The normalized spacial score (nSPS) is 11.1. The Hall–Kier alpha value is -3.11.